The lowest BCUT2D eigenvalue weighted by atomic mass is 9.97. The van der Waals surface area contributed by atoms with E-state index in [1.807, 2.05) is 29.2 Å². The van der Waals surface area contributed by atoms with E-state index in [-0.39, 0.29) is 30.8 Å². The molecule has 1 aromatic rings. The molecule has 7 nitrogen and oxygen atoms in total. The van der Waals surface area contributed by atoms with E-state index in [9.17, 15) is 14.7 Å². The number of hydrogen-bond acceptors (Lipinski definition) is 5. The number of rotatable bonds is 5. The molecule has 30 heavy (non-hydrogen) atoms. The Morgan fingerprint density at radius 1 is 1.13 bits per heavy atom. The number of ether oxygens (including phenoxy) is 2. The second-order valence-corrected chi connectivity index (χ2v) is 8.24. The van der Waals surface area contributed by atoms with Gasteiger partial charge in [0.1, 0.15) is 6.10 Å². The van der Waals surface area contributed by atoms with Crippen LogP contribution in [0.25, 0.3) is 0 Å². The summed E-state index contributed by atoms with van der Waals surface area (Å²) in [5.41, 5.74) is 2.50. The summed E-state index contributed by atoms with van der Waals surface area (Å²) in [6.07, 6.45) is 5.24. The predicted octanol–water partition coefficient (Wildman–Crippen LogP) is 1.19. The summed E-state index contributed by atoms with van der Waals surface area (Å²) in [4.78, 5) is 27.2. The quantitative estimate of drug-likeness (QED) is 0.707. The molecule has 162 valence electrons. The molecule has 3 atom stereocenters. The average molecular weight is 415 g/mol. The summed E-state index contributed by atoms with van der Waals surface area (Å²) in [7, 11) is 0. The maximum Gasteiger partial charge on any atom is 0.225 e. The van der Waals surface area contributed by atoms with Gasteiger partial charge >= 0.3 is 0 Å². The predicted molar refractivity (Wildman–Crippen MR) is 111 cm³/mol. The summed E-state index contributed by atoms with van der Waals surface area (Å²) in [6.45, 7) is 2.32. The SMILES string of the molecule is O=C(N[C@H]1C=C[C@@H](CC(=O)N2CCc3ccccc3C2)O[C@@H]1CO)C1CCOCC1. The highest BCUT2D eigenvalue weighted by Gasteiger charge is 2.32. The van der Waals surface area contributed by atoms with Crippen molar-refractivity contribution in [2.75, 3.05) is 26.4 Å². The van der Waals surface area contributed by atoms with Crippen LogP contribution in [-0.2, 0) is 32.0 Å². The Kier molecular flexibility index (Phi) is 6.82. The normalized spacial score (nSPS) is 26.8. The van der Waals surface area contributed by atoms with Crippen LogP contribution in [0.2, 0.25) is 0 Å². The number of amides is 2. The van der Waals surface area contributed by atoms with Gasteiger partial charge in [-0.25, -0.2) is 0 Å². The molecular weight excluding hydrogens is 384 g/mol. The van der Waals surface area contributed by atoms with Crippen molar-refractivity contribution in [3.05, 3.63) is 47.5 Å². The van der Waals surface area contributed by atoms with Crippen molar-refractivity contribution < 1.29 is 24.2 Å². The summed E-state index contributed by atoms with van der Waals surface area (Å²) in [6, 6.07) is 7.83. The zero-order chi connectivity index (χ0) is 20.9. The van der Waals surface area contributed by atoms with Crippen LogP contribution in [0, 0.1) is 5.92 Å². The monoisotopic (exact) mass is 414 g/mol. The third-order valence-electron chi connectivity index (χ3n) is 6.22. The largest absolute Gasteiger partial charge is 0.394 e. The fourth-order valence-corrected chi connectivity index (χ4v) is 4.39. The van der Waals surface area contributed by atoms with E-state index in [0.29, 0.717) is 39.1 Å². The summed E-state index contributed by atoms with van der Waals surface area (Å²) < 4.78 is 11.3. The van der Waals surface area contributed by atoms with Gasteiger partial charge in [-0.05, 0) is 30.4 Å². The highest BCUT2D eigenvalue weighted by Crippen LogP contribution is 2.22. The van der Waals surface area contributed by atoms with Crippen molar-refractivity contribution in [1.29, 1.82) is 0 Å². The van der Waals surface area contributed by atoms with Gasteiger partial charge in [0.25, 0.3) is 0 Å². The number of fused-ring (bicyclic) bond motifs is 1. The molecule has 4 rings (SSSR count). The first-order valence-electron chi connectivity index (χ1n) is 10.8. The van der Waals surface area contributed by atoms with Crippen LogP contribution in [0.5, 0.6) is 0 Å². The molecule has 0 unspecified atom stereocenters. The maximum absolute atomic E-state index is 12.8. The van der Waals surface area contributed by atoms with Gasteiger partial charge in [0.15, 0.2) is 0 Å². The molecule has 0 aliphatic carbocycles. The van der Waals surface area contributed by atoms with E-state index >= 15 is 0 Å². The molecule has 3 aliphatic heterocycles. The number of nitrogens with zero attached hydrogens (tertiary/aromatic N) is 1. The van der Waals surface area contributed by atoms with Crippen molar-refractivity contribution in [2.24, 2.45) is 5.92 Å². The first-order chi connectivity index (χ1) is 14.6. The third kappa shape index (κ3) is 4.91. The van der Waals surface area contributed by atoms with E-state index < -0.39 is 18.2 Å². The lowest BCUT2D eigenvalue weighted by Gasteiger charge is -2.34. The molecule has 0 aromatic heterocycles. The molecule has 0 spiro atoms. The van der Waals surface area contributed by atoms with Gasteiger partial charge < -0.3 is 24.8 Å². The number of carbonyl (C=O) groups excluding carboxylic acids is 2. The van der Waals surface area contributed by atoms with Gasteiger partial charge in [-0.15, -0.1) is 0 Å². The summed E-state index contributed by atoms with van der Waals surface area (Å²) in [5.74, 6) is -0.0511. The van der Waals surface area contributed by atoms with Crippen molar-refractivity contribution in [3.8, 4) is 0 Å². The fourth-order valence-electron chi connectivity index (χ4n) is 4.39. The first kappa shape index (κ1) is 21.0. The van der Waals surface area contributed by atoms with Crippen molar-refractivity contribution >= 4 is 11.8 Å². The van der Waals surface area contributed by atoms with Crippen LogP contribution in [0.1, 0.15) is 30.4 Å². The minimum absolute atomic E-state index is 0.0310. The zero-order valence-corrected chi connectivity index (χ0v) is 17.2. The molecule has 1 saturated heterocycles. The molecular formula is C23H30N2O5. The second kappa shape index (κ2) is 9.73. The van der Waals surface area contributed by atoms with Crippen molar-refractivity contribution in [3.63, 3.8) is 0 Å². The molecule has 2 amide bonds. The lowest BCUT2D eigenvalue weighted by Crippen LogP contribution is -2.51. The van der Waals surface area contributed by atoms with E-state index in [1.165, 1.54) is 11.1 Å². The molecule has 7 heteroatoms. The highest BCUT2D eigenvalue weighted by atomic mass is 16.5. The van der Waals surface area contributed by atoms with Crippen molar-refractivity contribution in [2.45, 2.75) is 50.5 Å². The molecule has 0 saturated carbocycles. The van der Waals surface area contributed by atoms with Gasteiger partial charge in [0.2, 0.25) is 11.8 Å². The first-order valence-corrected chi connectivity index (χ1v) is 10.8. The fraction of sp³-hybridized carbons (Fsp3) is 0.565. The standard InChI is InChI=1S/C23H30N2O5/c26-15-21-20(24-23(28)17-8-11-29-12-9-17)6-5-19(30-21)13-22(27)25-10-7-16-3-1-2-4-18(16)14-25/h1-6,17,19-21,26H,7-15H2,(H,24,28)/t19-,20-,21+/m0/s1. The Morgan fingerprint density at radius 3 is 2.67 bits per heavy atom. The Bertz CT molecular complexity index is 790. The van der Waals surface area contributed by atoms with Crippen LogP contribution in [0.4, 0.5) is 0 Å². The van der Waals surface area contributed by atoms with Crippen LogP contribution in [0.15, 0.2) is 36.4 Å². The third-order valence-corrected chi connectivity index (χ3v) is 6.22. The van der Waals surface area contributed by atoms with E-state index in [2.05, 4.69) is 17.4 Å². The molecule has 0 radical (unpaired) electrons. The van der Waals surface area contributed by atoms with Gasteiger partial charge in [-0.1, -0.05) is 36.4 Å². The molecule has 1 fully saturated rings. The zero-order valence-electron chi connectivity index (χ0n) is 17.2. The Morgan fingerprint density at radius 2 is 1.90 bits per heavy atom. The number of aliphatic hydroxyl groups excluding tert-OH is 1. The molecule has 3 heterocycles. The van der Waals surface area contributed by atoms with Crippen LogP contribution in [0.3, 0.4) is 0 Å². The van der Waals surface area contributed by atoms with E-state index in [1.54, 1.807) is 0 Å². The smallest absolute Gasteiger partial charge is 0.225 e. The highest BCUT2D eigenvalue weighted by molar-refractivity contribution is 5.79. The average Bonchev–Trinajstić information content (AvgIpc) is 2.80. The van der Waals surface area contributed by atoms with Gasteiger partial charge in [-0.2, -0.15) is 0 Å². The van der Waals surface area contributed by atoms with Gasteiger partial charge in [0.05, 0.1) is 25.2 Å². The molecule has 2 N–H and O–H groups in total. The van der Waals surface area contributed by atoms with Crippen LogP contribution in [-0.4, -0.2) is 66.4 Å². The number of hydrogen-bond donors (Lipinski definition) is 2. The number of nitrogens with one attached hydrogen (secondary N) is 1. The van der Waals surface area contributed by atoms with Crippen molar-refractivity contribution in [1.82, 2.24) is 10.2 Å². The van der Waals surface area contributed by atoms with Crippen LogP contribution < -0.4 is 5.32 Å². The molecule has 1 aromatic carbocycles. The number of benzene rings is 1. The van der Waals surface area contributed by atoms with Gasteiger partial charge in [-0.3, -0.25) is 9.59 Å². The molecule has 0 bridgehead atoms. The number of aliphatic hydroxyl groups is 1. The second-order valence-electron chi connectivity index (χ2n) is 8.24. The minimum Gasteiger partial charge on any atom is -0.394 e. The Labute approximate surface area is 177 Å². The maximum atomic E-state index is 12.8. The van der Waals surface area contributed by atoms with E-state index in [0.717, 1.165) is 6.42 Å². The van der Waals surface area contributed by atoms with Crippen LogP contribution >= 0.6 is 0 Å². The number of carbonyl (C=O) groups is 2. The topological polar surface area (TPSA) is 88.1 Å². The lowest BCUT2D eigenvalue weighted by molar-refractivity contribution is -0.138. The summed E-state index contributed by atoms with van der Waals surface area (Å²) >= 11 is 0. The Balaban J connectivity index is 1.32. The van der Waals surface area contributed by atoms with E-state index in [4.69, 9.17) is 9.47 Å². The molecule has 3 aliphatic rings. The minimum atomic E-state index is -0.557. The Hall–Kier alpha value is -2.22. The van der Waals surface area contributed by atoms with Gasteiger partial charge in [0, 0.05) is 32.2 Å². The summed E-state index contributed by atoms with van der Waals surface area (Å²) in [5, 5.41) is 12.7.